The molecule has 0 aliphatic carbocycles. The highest BCUT2D eigenvalue weighted by Gasteiger charge is 2.32. The predicted octanol–water partition coefficient (Wildman–Crippen LogP) is 4.16. The van der Waals surface area contributed by atoms with E-state index in [0.29, 0.717) is 13.2 Å². The highest BCUT2D eigenvalue weighted by Crippen LogP contribution is 2.57. The van der Waals surface area contributed by atoms with E-state index in [2.05, 4.69) is 22.9 Å². The van der Waals surface area contributed by atoms with Crippen molar-refractivity contribution in [1.29, 1.82) is 0 Å². The van der Waals surface area contributed by atoms with Crippen molar-refractivity contribution in [1.82, 2.24) is 0 Å². The van der Waals surface area contributed by atoms with Gasteiger partial charge in [-0.3, -0.25) is 4.57 Å². The Morgan fingerprint density at radius 2 is 1.71 bits per heavy atom. The summed E-state index contributed by atoms with van der Waals surface area (Å²) in [6.07, 6.45) is 2.94. The van der Waals surface area contributed by atoms with Crippen molar-refractivity contribution in [3.8, 4) is 0 Å². The molecule has 86 valence electrons. The summed E-state index contributed by atoms with van der Waals surface area (Å²) in [7, 11) is -2.92. The highest BCUT2D eigenvalue weighted by atomic mass is 79.9. The summed E-state index contributed by atoms with van der Waals surface area (Å²) >= 11 is 3.39. The van der Waals surface area contributed by atoms with Crippen LogP contribution in [0.3, 0.4) is 0 Å². The van der Waals surface area contributed by atoms with Crippen molar-refractivity contribution in [3.63, 3.8) is 0 Å². The Morgan fingerprint density at radius 3 is 2.07 bits per heavy atom. The summed E-state index contributed by atoms with van der Waals surface area (Å²) in [5.41, 5.74) is 0. The SMILES string of the molecule is CCCCC(Br)P(=O)(OCC)OCC. The van der Waals surface area contributed by atoms with E-state index in [9.17, 15) is 4.57 Å². The summed E-state index contributed by atoms with van der Waals surface area (Å²) in [6.45, 7) is 6.60. The minimum absolute atomic E-state index is 0.171. The normalized spacial score (nSPS) is 14.3. The highest BCUT2D eigenvalue weighted by molar-refractivity contribution is 9.10. The second-order valence-corrected chi connectivity index (χ2v) is 6.98. The molecule has 0 aromatic heterocycles. The first-order valence-corrected chi connectivity index (χ1v) is 7.66. The number of alkyl halides is 1. The molecule has 0 N–H and O–H groups in total. The van der Waals surface area contributed by atoms with Crippen molar-refractivity contribution in [2.24, 2.45) is 0 Å². The second kappa shape index (κ2) is 7.86. The van der Waals surface area contributed by atoms with Gasteiger partial charge in [-0.25, -0.2) is 0 Å². The lowest BCUT2D eigenvalue weighted by molar-refractivity contribution is 0.217. The van der Waals surface area contributed by atoms with Crippen LogP contribution in [-0.2, 0) is 13.6 Å². The topological polar surface area (TPSA) is 35.5 Å². The molecule has 0 saturated heterocycles. The molecule has 1 atom stereocenters. The van der Waals surface area contributed by atoms with Gasteiger partial charge in [0, 0.05) is 0 Å². The summed E-state index contributed by atoms with van der Waals surface area (Å²) in [5, 5.41) is 0. The summed E-state index contributed by atoms with van der Waals surface area (Å²) in [6, 6.07) is 0. The van der Waals surface area contributed by atoms with Crippen molar-refractivity contribution in [2.45, 2.75) is 44.6 Å². The first-order chi connectivity index (χ1) is 6.60. The summed E-state index contributed by atoms with van der Waals surface area (Å²) in [5.74, 6) is 0. The lowest BCUT2D eigenvalue weighted by atomic mass is 10.3. The summed E-state index contributed by atoms with van der Waals surface area (Å²) < 4.78 is 22.4. The quantitative estimate of drug-likeness (QED) is 0.496. The Bertz CT molecular complexity index is 177. The van der Waals surface area contributed by atoms with Crippen LogP contribution in [0.4, 0.5) is 0 Å². The fourth-order valence-corrected chi connectivity index (χ4v) is 3.74. The molecule has 0 spiro atoms. The Hall–Kier alpha value is 0.630. The van der Waals surface area contributed by atoms with Gasteiger partial charge in [0.2, 0.25) is 0 Å². The van der Waals surface area contributed by atoms with Crippen LogP contribution in [0.25, 0.3) is 0 Å². The van der Waals surface area contributed by atoms with Crippen molar-refractivity contribution >= 4 is 23.5 Å². The molecule has 0 saturated carbocycles. The maximum atomic E-state index is 12.1. The number of rotatable bonds is 8. The van der Waals surface area contributed by atoms with E-state index in [1.165, 1.54) is 0 Å². The van der Waals surface area contributed by atoms with Crippen molar-refractivity contribution < 1.29 is 13.6 Å². The molecule has 0 aliphatic rings. The monoisotopic (exact) mass is 286 g/mol. The van der Waals surface area contributed by atoms with E-state index in [4.69, 9.17) is 9.05 Å². The van der Waals surface area contributed by atoms with E-state index in [0.717, 1.165) is 19.3 Å². The zero-order chi connectivity index (χ0) is 11.0. The average Bonchev–Trinajstić information content (AvgIpc) is 2.15. The smallest absolute Gasteiger partial charge is 0.308 e. The first kappa shape index (κ1) is 14.6. The van der Waals surface area contributed by atoms with Crippen molar-refractivity contribution in [3.05, 3.63) is 0 Å². The maximum absolute atomic E-state index is 12.1. The largest absolute Gasteiger partial charge is 0.344 e. The van der Waals surface area contributed by atoms with Gasteiger partial charge in [0.15, 0.2) is 0 Å². The van der Waals surface area contributed by atoms with Gasteiger partial charge in [0.25, 0.3) is 0 Å². The van der Waals surface area contributed by atoms with Crippen LogP contribution in [0.2, 0.25) is 0 Å². The Morgan fingerprint density at radius 1 is 1.21 bits per heavy atom. The average molecular weight is 287 g/mol. The molecule has 0 radical (unpaired) electrons. The van der Waals surface area contributed by atoms with Crippen LogP contribution >= 0.6 is 23.5 Å². The Kier molecular flexibility index (Phi) is 8.22. The minimum Gasteiger partial charge on any atom is -0.308 e. The molecule has 0 aromatic carbocycles. The lowest BCUT2D eigenvalue weighted by Crippen LogP contribution is -2.07. The zero-order valence-corrected chi connectivity index (χ0v) is 11.6. The number of unbranched alkanes of at least 4 members (excludes halogenated alkanes) is 1. The zero-order valence-electron chi connectivity index (χ0n) is 9.16. The lowest BCUT2D eigenvalue weighted by Gasteiger charge is -2.21. The van der Waals surface area contributed by atoms with Gasteiger partial charge in [0.05, 0.1) is 13.2 Å². The molecule has 0 heterocycles. The molecular formula is C9H20BrO3P. The molecular weight excluding hydrogens is 267 g/mol. The maximum Gasteiger partial charge on any atom is 0.344 e. The van der Waals surface area contributed by atoms with Crippen LogP contribution in [0, 0.1) is 0 Å². The summed E-state index contributed by atoms with van der Waals surface area (Å²) in [4.78, 5) is 0. The molecule has 0 bridgehead atoms. The van der Waals surface area contributed by atoms with Gasteiger partial charge in [0.1, 0.15) is 4.57 Å². The van der Waals surface area contributed by atoms with Gasteiger partial charge >= 0.3 is 7.60 Å². The van der Waals surface area contributed by atoms with Crippen LogP contribution in [0.5, 0.6) is 0 Å². The van der Waals surface area contributed by atoms with E-state index in [-0.39, 0.29) is 4.57 Å². The molecule has 0 amide bonds. The Balaban J connectivity index is 4.23. The fourth-order valence-electron chi connectivity index (χ4n) is 1.09. The van der Waals surface area contributed by atoms with Crippen LogP contribution in [0.15, 0.2) is 0 Å². The second-order valence-electron chi connectivity index (χ2n) is 2.95. The molecule has 0 aromatic rings. The standard InChI is InChI=1S/C9H20BrO3P/c1-4-7-8-9(10)14(11,12-5-2)13-6-3/h9H,4-8H2,1-3H3. The molecule has 0 aliphatic heterocycles. The predicted molar refractivity (Wildman–Crippen MR) is 63.1 cm³/mol. The van der Waals surface area contributed by atoms with Crippen molar-refractivity contribution in [2.75, 3.05) is 13.2 Å². The molecule has 0 rings (SSSR count). The number of halogens is 1. The fraction of sp³-hybridized carbons (Fsp3) is 1.00. The molecule has 14 heavy (non-hydrogen) atoms. The third-order valence-electron chi connectivity index (χ3n) is 1.76. The molecule has 3 nitrogen and oxygen atoms in total. The van der Waals surface area contributed by atoms with Gasteiger partial charge < -0.3 is 9.05 Å². The molecule has 0 fully saturated rings. The van der Waals surface area contributed by atoms with Crippen LogP contribution in [0.1, 0.15) is 40.0 Å². The third kappa shape index (κ3) is 4.92. The van der Waals surface area contributed by atoms with E-state index in [1.807, 2.05) is 13.8 Å². The van der Waals surface area contributed by atoms with E-state index in [1.54, 1.807) is 0 Å². The Labute approximate surface area is 95.2 Å². The third-order valence-corrected chi connectivity index (χ3v) is 5.90. The van der Waals surface area contributed by atoms with Gasteiger partial charge in [-0.15, -0.1) is 0 Å². The number of hydrogen-bond donors (Lipinski definition) is 0. The van der Waals surface area contributed by atoms with Crippen LogP contribution < -0.4 is 0 Å². The molecule has 5 heteroatoms. The van der Waals surface area contributed by atoms with Gasteiger partial charge in [-0.1, -0.05) is 35.7 Å². The number of hydrogen-bond acceptors (Lipinski definition) is 3. The van der Waals surface area contributed by atoms with E-state index >= 15 is 0 Å². The van der Waals surface area contributed by atoms with Gasteiger partial charge in [-0.05, 0) is 20.3 Å². The van der Waals surface area contributed by atoms with Gasteiger partial charge in [-0.2, -0.15) is 0 Å². The van der Waals surface area contributed by atoms with Crippen LogP contribution in [-0.4, -0.2) is 17.8 Å². The minimum atomic E-state index is -2.92. The van der Waals surface area contributed by atoms with E-state index < -0.39 is 7.60 Å². The molecule has 1 unspecified atom stereocenters. The first-order valence-electron chi connectivity index (χ1n) is 5.13.